The van der Waals surface area contributed by atoms with E-state index in [1.54, 1.807) is 12.3 Å². The highest BCUT2D eigenvalue weighted by atomic mass is 35.5. The Morgan fingerprint density at radius 2 is 2.19 bits per heavy atom. The fourth-order valence-corrected chi connectivity index (χ4v) is 1.78. The Morgan fingerprint density at radius 1 is 1.38 bits per heavy atom. The Labute approximate surface area is 102 Å². The molecule has 0 unspecified atom stereocenters. The first-order valence-electron chi connectivity index (χ1n) is 4.71. The van der Waals surface area contributed by atoms with Crippen molar-refractivity contribution in [3.05, 3.63) is 52.3 Å². The summed E-state index contributed by atoms with van der Waals surface area (Å²) in [5.41, 5.74) is 1.69. The largest absolute Gasteiger partial charge is 0.345 e. The molecule has 1 N–H and O–H groups in total. The Hall–Kier alpha value is -1.06. The van der Waals surface area contributed by atoms with Crippen LogP contribution in [0.15, 0.2) is 24.4 Å². The van der Waals surface area contributed by atoms with Crippen molar-refractivity contribution < 1.29 is 4.39 Å². The van der Waals surface area contributed by atoms with Gasteiger partial charge in [-0.2, -0.15) is 0 Å². The lowest BCUT2D eigenvalue weighted by Crippen LogP contribution is -1.93. The maximum atomic E-state index is 12.8. The van der Waals surface area contributed by atoms with E-state index in [1.165, 1.54) is 12.1 Å². The van der Waals surface area contributed by atoms with E-state index < -0.39 is 0 Å². The average Bonchev–Trinajstić information content (AvgIpc) is 2.70. The summed E-state index contributed by atoms with van der Waals surface area (Å²) < 4.78 is 12.8. The van der Waals surface area contributed by atoms with Crippen LogP contribution in [-0.4, -0.2) is 9.97 Å². The first-order chi connectivity index (χ1) is 7.69. The second-order valence-corrected chi connectivity index (χ2v) is 4.08. The van der Waals surface area contributed by atoms with Gasteiger partial charge in [0.25, 0.3) is 0 Å². The number of imidazole rings is 1. The minimum absolute atomic E-state index is 0.338. The molecule has 0 fully saturated rings. The van der Waals surface area contributed by atoms with Crippen molar-refractivity contribution in [2.45, 2.75) is 12.3 Å². The van der Waals surface area contributed by atoms with Crippen LogP contribution in [0.2, 0.25) is 5.02 Å². The summed E-state index contributed by atoms with van der Waals surface area (Å²) in [6.45, 7) is 0. The number of aromatic nitrogens is 2. The molecule has 0 aliphatic rings. The zero-order valence-electron chi connectivity index (χ0n) is 8.30. The van der Waals surface area contributed by atoms with E-state index in [1.807, 2.05) is 0 Å². The van der Waals surface area contributed by atoms with Gasteiger partial charge in [0.15, 0.2) is 0 Å². The molecule has 0 saturated carbocycles. The SMILES string of the molecule is Fc1ccc(Cc2ncc(CCl)[nH]2)c(Cl)c1. The molecule has 0 saturated heterocycles. The van der Waals surface area contributed by atoms with Gasteiger partial charge < -0.3 is 4.98 Å². The summed E-state index contributed by atoms with van der Waals surface area (Å²) in [6.07, 6.45) is 2.22. The molecule has 0 bridgehead atoms. The lowest BCUT2D eigenvalue weighted by molar-refractivity contribution is 0.627. The van der Waals surface area contributed by atoms with E-state index >= 15 is 0 Å². The number of nitrogens with one attached hydrogen (secondary N) is 1. The van der Waals surface area contributed by atoms with Crippen molar-refractivity contribution in [1.82, 2.24) is 9.97 Å². The van der Waals surface area contributed by atoms with Crippen LogP contribution in [0.1, 0.15) is 17.1 Å². The molecule has 0 amide bonds. The first-order valence-corrected chi connectivity index (χ1v) is 5.63. The minimum atomic E-state index is -0.338. The summed E-state index contributed by atoms with van der Waals surface area (Å²) in [7, 11) is 0. The molecule has 16 heavy (non-hydrogen) atoms. The van der Waals surface area contributed by atoms with Crippen LogP contribution in [0.5, 0.6) is 0 Å². The Kier molecular flexibility index (Phi) is 3.46. The quantitative estimate of drug-likeness (QED) is 0.839. The molecule has 0 spiro atoms. The molecular formula is C11H9Cl2FN2. The van der Waals surface area contributed by atoms with Gasteiger partial charge in [-0.3, -0.25) is 0 Å². The highest BCUT2D eigenvalue weighted by Gasteiger charge is 2.06. The van der Waals surface area contributed by atoms with Crippen LogP contribution in [0.3, 0.4) is 0 Å². The normalized spacial score (nSPS) is 10.7. The maximum absolute atomic E-state index is 12.8. The monoisotopic (exact) mass is 258 g/mol. The van der Waals surface area contributed by atoms with Gasteiger partial charge in [-0.05, 0) is 17.7 Å². The van der Waals surface area contributed by atoms with Crippen LogP contribution < -0.4 is 0 Å². The van der Waals surface area contributed by atoms with Gasteiger partial charge in [0, 0.05) is 23.3 Å². The molecule has 0 radical (unpaired) electrons. The number of halogens is 3. The summed E-state index contributed by atoms with van der Waals surface area (Å²) in [5, 5.41) is 0.406. The average molecular weight is 259 g/mol. The van der Waals surface area contributed by atoms with Gasteiger partial charge in [0.1, 0.15) is 11.6 Å². The van der Waals surface area contributed by atoms with Crippen molar-refractivity contribution in [2.24, 2.45) is 0 Å². The van der Waals surface area contributed by atoms with Gasteiger partial charge in [0.05, 0.1) is 5.88 Å². The number of aromatic amines is 1. The smallest absolute Gasteiger partial charge is 0.124 e. The van der Waals surface area contributed by atoms with Gasteiger partial charge in [-0.1, -0.05) is 17.7 Å². The van der Waals surface area contributed by atoms with E-state index in [0.717, 1.165) is 17.1 Å². The van der Waals surface area contributed by atoms with E-state index in [4.69, 9.17) is 23.2 Å². The van der Waals surface area contributed by atoms with Crippen molar-refractivity contribution in [3.8, 4) is 0 Å². The van der Waals surface area contributed by atoms with Crippen molar-refractivity contribution >= 4 is 23.2 Å². The van der Waals surface area contributed by atoms with Gasteiger partial charge in [0.2, 0.25) is 0 Å². The Morgan fingerprint density at radius 3 is 2.81 bits per heavy atom. The number of alkyl halides is 1. The molecule has 5 heteroatoms. The van der Waals surface area contributed by atoms with E-state index in [-0.39, 0.29) is 5.82 Å². The Bertz CT molecular complexity index is 496. The predicted octanol–water partition coefficient (Wildman–Crippen LogP) is 3.53. The summed E-state index contributed by atoms with van der Waals surface area (Å²) in [5.74, 6) is 0.822. The van der Waals surface area contributed by atoms with Crippen LogP contribution in [0, 0.1) is 5.82 Å². The highest BCUT2D eigenvalue weighted by molar-refractivity contribution is 6.31. The molecule has 2 nitrogen and oxygen atoms in total. The number of hydrogen-bond acceptors (Lipinski definition) is 1. The first kappa shape index (κ1) is 11.4. The second-order valence-electron chi connectivity index (χ2n) is 3.40. The fraction of sp³-hybridized carbons (Fsp3) is 0.182. The van der Waals surface area contributed by atoms with Gasteiger partial charge >= 0.3 is 0 Å². The van der Waals surface area contributed by atoms with Crippen molar-refractivity contribution in [2.75, 3.05) is 0 Å². The van der Waals surface area contributed by atoms with E-state index in [0.29, 0.717) is 17.3 Å². The molecule has 2 aromatic rings. The lowest BCUT2D eigenvalue weighted by atomic mass is 10.1. The molecule has 0 atom stereocenters. The molecule has 1 heterocycles. The number of rotatable bonds is 3. The molecule has 0 aliphatic carbocycles. The molecule has 2 rings (SSSR count). The van der Waals surface area contributed by atoms with Gasteiger partial charge in [-0.25, -0.2) is 9.37 Å². The lowest BCUT2D eigenvalue weighted by Gasteiger charge is -2.01. The molecule has 1 aromatic carbocycles. The molecule has 84 valence electrons. The zero-order valence-corrected chi connectivity index (χ0v) is 9.82. The van der Waals surface area contributed by atoms with E-state index in [2.05, 4.69) is 9.97 Å². The highest BCUT2D eigenvalue weighted by Crippen LogP contribution is 2.19. The number of hydrogen-bond donors (Lipinski definition) is 1. The van der Waals surface area contributed by atoms with Crippen LogP contribution in [0.4, 0.5) is 4.39 Å². The summed E-state index contributed by atoms with van der Waals surface area (Å²) >= 11 is 11.6. The maximum Gasteiger partial charge on any atom is 0.124 e. The van der Waals surface area contributed by atoms with E-state index in [9.17, 15) is 4.39 Å². The topological polar surface area (TPSA) is 28.7 Å². The van der Waals surface area contributed by atoms with Crippen LogP contribution in [-0.2, 0) is 12.3 Å². The minimum Gasteiger partial charge on any atom is -0.345 e. The fourth-order valence-electron chi connectivity index (χ4n) is 1.41. The summed E-state index contributed by atoms with van der Waals surface area (Å²) in [6, 6.07) is 4.33. The van der Waals surface area contributed by atoms with Crippen molar-refractivity contribution in [3.63, 3.8) is 0 Å². The third-order valence-corrected chi connectivity index (χ3v) is 2.84. The second kappa shape index (κ2) is 4.85. The number of H-pyrrole nitrogens is 1. The molecular weight excluding hydrogens is 250 g/mol. The van der Waals surface area contributed by atoms with Crippen LogP contribution >= 0.6 is 23.2 Å². The number of benzene rings is 1. The van der Waals surface area contributed by atoms with Gasteiger partial charge in [-0.15, -0.1) is 11.6 Å². The molecule has 0 aliphatic heterocycles. The van der Waals surface area contributed by atoms with Crippen molar-refractivity contribution in [1.29, 1.82) is 0 Å². The number of nitrogens with zero attached hydrogens (tertiary/aromatic N) is 1. The predicted molar refractivity (Wildman–Crippen MR) is 62.4 cm³/mol. The third kappa shape index (κ3) is 2.54. The zero-order chi connectivity index (χ0) is 11.5. The van der Waals surface area contributed by atoms with Crippen LogP contribution in [0.25, 0.3) is 0 Å². The summed E-state index contributed by atoms with van der Waals surface area (Å²) in [4.78, 5) is 7.21. The Balaban J connectivity index is 2.20. The third-order valence-electron chi connectivity index (χ3n) is 2.20. The molecule has 1 aromatic heterocycles. The standard InChI is InChI=1S/C11H9Cl2FN2/c12-5-9-6-15-11(16-9)3-7-1-2-8(14)4-10(7)13/h1-2,4,6H,3,5H2,(H,15,16).